The van der Waals surface area contributed by atoms with E-state index in [9.17, 15) is 4.79 Å². The summed E-state index contributed by atoms with van der Waals surface area (Å²) in [6, 6.07) is 11.4. The smallest absolute Gasteiger partial charge is 0.251 e. The average molecular weight is 309 g/mol. The first kappa shape index (κ1) is 14.4. The van der Waals surface area contributed by atoms with Crippen LogP contribution in [0.25, 0.3) is 11.3 Å². The molecule has 0 saturated heterocycles. The van der Waals surface area contributed by atoms with Crippen molar-refractivity contribution in [1.82, 2.24) is 15.3 Å². The van der Waals surface area contributed by atoms with Gasteiger partial charge in [0.05, 0.1) is 12.2 Å². The Labute approximate surface area is 132 Å². The van der Waals surface area contributed by atoms with E-state index in [-0.39, 0.29) is 5.91 Å². The van der Waals surface area contributed by atoms with E-state index >= 15 is 0 Å². The summed E-state index contributed by atoms with van der Waals surface area (Å²) in [5.74, 6) is -0.0706. The molecule has 0 spiro atoms. The third-order valence-electron chi connectivity index (χ3n) is 3.32. The summed E-state index contributed by atoms with van der Waals surface area (Å²) in [4.78, 5) is 20.7. The van der Waals surface area contributed by atoms with Crippen LogP contribution in [0.4, 0.5) is 0 Å². The van der Waals surface area contributed by atoms with Gasteiger partial charge < -0.3 is 5.32 Å². The second-order valence-corrected chi connectivity index (χ2v) is 5.80. The molecule has 2 aromatic heterocycles. The van der Waals surface area contributed by atoms with E-state index in [4.69, 9.17) is 0 Å². The second kappa shape index (κ2) is 6.49. The molecule has 2 heterocycles. The number of hydrogen-bond acceptors (Lipinski definition) is 4. The summed E-state index contributed by atoms with van der Waals surface area (Å²) < 4.78 is 0. The topological polar surface area (TPSA) is 54.9 Å². The van der Waals surface area contributed by atoms with Crippen molar-refractivity contribution in [3.8, 4) is 11.3 Å². The Morgan fingerprint density at radius 3 is 2.73 bits per heavy atom. The fraction of sp³-hybridized carbons (Fsp3) is 0.118. The SMILES string of the molecule is Cc1ccccc1C(=O)NCc1nc(-c2ccncc2)cs1. The molecule has 0 aliphatic heterocycles. The summed E-state index contributed by atoms with van der Waals surface area (Å²) in [5.41, 5.74) is 3.61. The quantitative estimate of drug-likeness (QED) is 0.803. The summed E-state index contributed by atoms with van der Waals surface area (Å²) >= 11 is 1.54. The first-order valence-corrected chi connectivity index (χ1v) is 7.80. The fourth-order valence-corrected chi connectivity index (χ4v) is 2.87. The Kier molecular flexibility index (Phi) is 4.25. The van der Waals surface area contributed by atoms with Crippen molar-refractivity contribution in [3.05, 3.63) is 70.3 Å². The molecule has 3 rings (SSSR count). The zero-order chi connectivity index (χ0) is 15.4. The number of carbonyl (C=O) groups is 1. The second-order valence-electron chi connectivity index (χ2n) is 4.86. The van der Waals surface area contributed by atoms with Gasteiger partial charge in [0.15, 0.2) is 0 Å². The summed E-state index contributed by atoms with van der Waals surface area (Å²) in [6.45, 7) is 2.36. The molecular weight excluding hydrogens is 294 g/mol. The highest BCUT2D eigenvalue weighted by Gasteiger charge is 2.09. The Morgan fingerprint density at radius 1 is 1.18 bits per heavy atom. The Hall–Kier alpha value is -2.53. The lowest BCUT2D eigenvalue weighted by Gasteiger charge is -2.05. The molecule has 0 aliphatic rings. The number of rotatable bonds is 4. The predicted molar refractivity (Wildman–Crippen MR) is 87.7 cm³/mol. The van der Waals surface area contributed by atoms with Gasteiger partial charge in [0, 0.05) is 28.9 Å². The Bertz CT molecular complexity index is 783. The van der Waals surface area contributed by atoms with Crippen molar-refractivity contribution >= 4 is 17.2 Å². The molecule has 3 aromatic rings. The van der Waals surface area contributed by atoms with E-state index < -0.39 is 0 Å². The minimum atomic E-state index is -0.0706. The molecule has 5 heteroatoms. The Balaban J connectivity index is 1.67. The van der Waals surface area contributed by atoms with Gasteiger partial charge in [-0.25, -0.2) is 4.98 Å². The van der Waals surface area contributed by atoms with Crippen LogP contribution in [0.5, 0.6) is 0 Å². The molecule has 110 valence electrons. The van der Waals surface area contributed by atoms with E-state index in [2.05, 4.69) is 15.3 Å². The first-order chi connectivity index (χ1) is 10.7. The van der Waals surface area contributed by atoms with Gasteiger partial charge in [-0.3, -0.25) is 9.78 Å². The van der Waals surface area contributed by atoms with Crippen molar-refractivity contribution in [2.24, 2.45) is 0 Å². The van der Waals surface area contributed by atoms with E-state index in [0.29, 0.717) is 12.1 Å². The lowest BCUT2D eigenvalue weighted by Crippen LogP contribution is -2.23. The highest BCUT2D eigenvalue weighted by atomic mass is 32.1. The number of pyridine rings is 1. The van der Waals surface area contributed by atoms with Crippen LogP contribution < -0.4 is 5.32 Å². The zero-order valence-corrected chi connectivity index (χ0v) is 12.9. The van der Waals surface area contributed by atoms with Gasteiger partial charge in [-0.15, -0.1) is 11.3 Å². The standard InChI is InChI=1S/C17H15N3OS/c1-12-4-2-3-5-14(12)17(21)19-10-16-20-15(11-22-16)13-6-8-18-9-7-13/h2-9,11H,10H2,1H3,(H,19,21). The highest BCUT2D eigenvalue weighted by Crippen LogP contribution is 2.21. The summed E-state index contributed by atoms with van der Waals surface area (Å²) in [5, 5.41) is 5.79. The average Bonchev–Trinajstić information content (AvgIpc) is 3.03. The molecule has 4 nitrogen and oxygen atoms in total. The number of carbonyl (C=O) groups excluding carboxylic acids is 1. The molecule has 0 aliphatic carbocycles. The van der Waals surface area contributed by atoms with Gasteiger partial charge in [-0.05, 0) is 30.7 Å². The fourth-order valence-electron chi connectivity index (χ4n) is 2.13. The maximum Gasteiger partial charge on any atom is 0.251 e. The maximum atomic E-state index is 12.2. The Morgan fingerprint density at radius 2 is 1.95 bits per heavy atom. The van der Waals surface area contributed by atoms with E-state index in [1.54, 1.807) is 12.4 Å². The zero-order valence-electron chi connectivity index (χ0n) is 12.1. The van der Waals surface area contributed by atoms with E-state index in [1.807, 2.05) is 48.7 Å². The van der Waals surface area contributed by atoms with Crippen LogP contribution in [0.3, 0.4) is 0 Å². The number of nitrogens with one attached hydrogen (secondary N) is 1. The van der Waals surface area contributed by atoms with Crippen LogP contribution in [0, 0.1) is 6.92 Å². The monoisotopic (exact) mass is 309 g/mol. The van der Waals surface area contributed by atoms with Crippen molar-refractivity contribution in [1.29, 1.82) is 0 Å². The normalized spacial score (nSPS) is 10.4. The van der Waals surface area contributed by atoms with E-state index in [1.165, 1.54) is 11.3 Å². The van der Waals surface area contributed by atoms with Gasteiger partial charge in [-0.1, -0.05) is 18.2 Å². The predicted octanol–water partition coefficient (Wildman–Crippen LogP) is 3.44. The van der Waals surface area contributed by atoms with Crippen LogP contribution in [0.1, 0.15) is 20.9 Å². The molecule has 0 fully saturated rings. The number of amides is 1. The summed E-state index contributed by atoms with van der Waals surface area (Å²) in [7, 11) is 0. The molecule has 1 N–H and O–H groups in total. The van der Waals surface area contributed by atoms with Crippen molar-refractivity contribution in [2.45, 2.75) is 13.5 Å². The van der Waals surface area contributed by atoms with Gasteiger partial charge in [0.2, 0.25) is 0 Å². The number of thiazole rings is 1. The molecule has 0 unspecified atom stereocenters. The molecule has 0 radical (unpaired) electrons. The minimum Gasteiger partial charge on any atom is -0.346 e. The molecule has 0 saturated carbocycles. The number of aryl methyl sites for hydroxylation is 1. The van der Waals surface area contributed by atoms with Gasteiger partial charge >= 0.3 is 0 Å². The maximum absolute atomic E-state index is 12.2. The van der Waals surface area contributed by atoms with Crippen LogP contribution in [0.15, 0.2) is 54.2 Å². The lowest BCUT2D eigenvalue weighted by molar-refractivity contribution is 0.0950. The van der Waals surface area contributed by atoms with Gasteiger partial charge in [0.1, 0.15) is 5.01 Å². The van der Waals surface area contributed by atoms with Crippen LogP contribution >= 0.6 is 11.3 Å². The molecule has 1 aromatic carbocycles. The number of benzene rings is 1. The van der Waals surface area contributed by atoms with Gasteiger partial charge in [-0.2, -0.15) is 0 Å². The van der Waals surface area contributed by atoms with Crippen LogP contribution in [0.2, 0.25) is 0 Å². The minimum absolute atomic E-state index is 0.0706. The molecular formula is C17H15N3OS. The molecule has 1 amide bonds. The molecule has 0 bridgehead atoms. The van der Waals surface area contributed by atoms with Crippen LogP contribution in [-0.2, 0) is 6.54 Å². The third-order valence-corrected chi connectivity index (χ3v) is 4.17. The van der Waals surface area contributed by atoms with Crippen LogP contribution in [-0.4, -0.2) is 15.9 Å². The third kappa shape index (κ3) is 3.20. The van der Waals surface area contributed by atoms with E-state index in [0.717, 1.165) is 21.8 Å². The van der Waals surface area contributed by atoms with Crippen molar-refractivity contribution in [3.63, 3.8) is 0 Å². The number of aromatic nitrogens is 2. The van der Waals surface area contributed by atoms with Crippen molar-refractivity contribution in [2.75, 3.05) is 0 Å². The number of nitrogens with zero attached hydrogens (tertiary/aromatic N) is 2. The first-order valence-electron chi connectivity index (χ1n) is 6.92. The van der Waals surface area contributed by atoms with Gasteiger partial charge in [0.25, 0.3) is 5.91 Å². The highest BCUT2D eigenvalue weighted by molar-refractivity contribution is 7.09. The summed E-state index contributed by atoms with van der Waals surface area (Å²) in [6.07, 6.45) is 3.49. The molecule has 22 heavy (non-hydrogen) atoms. The number of hydrogen-bond donors (Lipinski definition) is 1. The largest absolute Gasteiger partial charge is 0.346 e. The van der Waals surface area contributed by atoms with Crippen molar-refractivity contribution < 1.29 is 4.79 Å². The molecule has 0 atom stereocenters. The lowest BCUT2D eigenvalue weighted by atomic mass is 10.1.